The van der Waals surface area contributed by atoms with Crippen LogP contribution in [0.4, 0.5) is 0 Å². The summed E-state index contributed by atoms with van der Waals surface area (Å²) in [6.07, 6.45) is -1.01. The number of rotatable bonds is 1. The normalized spacial score (nSPS) is 53.2. The van der Waals surface area contributed by atoms with Crippen LogP contribution in [0.25, 0.3) is 0 Å². The van der Waals surface area contributed by atoms with Gasteiger partial charge in [-0.3, -0.25) is 4.79 Å². The Bertz CT molecular complexity index is 1040. The second-order valence-corrected chi connectivity index (χ2v) is 6.38. The van der Waals surface area contributed by atoms with Crippen LogP contribution in [0.15, 0.2) is 18.1 Å². The Morgan fingerprint density at radius 1 is 1.36 bits per heavy atom. The van der Waals surface area contributed by atoms with E-state index in [1.165, 1.54) is 0 Å². The number of fused-ring (bicyclic) bond motifs is 3. The number of benzene rings is 1. The Morgan fingerprint density at radius 2 is 2.32 bits per heavy atom. The predicted octanol–water partition coefficient (Wildman–Crippen LogP) is 2.66. The third kappa shape index (κ3) is 1.81. The highest BCUT2D eigenvalue weighted by atomic mass is 16.2. The molecular formula is C19H24N2O. The maximum Gasteiger partial charge on any atom is 0.254 e. The van der Waals surface area contributed by atoms with Gasteiger partial charge in [-0.25, -0.2) is 0 Å². The van der Waals surface area contributed by atoms with Crippen LogP contribution in [0.3, 0.4) is 0 Å². The summed E-state index contributed by atoms with van der Waals surface area (Å²) in [5.74, 6) is -3.26. The molecule has 0 aromatic heterocycles. The molecule has 3 fully saturated rings. The Hall–Kier alpha value is -1.35. The first-order chi connectivity index (χ1) is 14.7. The molecule has 4 aliphatic heterocycles. The summed E-state index contributed by atoms with van der Waals surface area (Å²) in [5.41, 5.74) is 1.11. The van der Waals surface area contributed by atoms with E-state index in [9.17, 15) is 4.79 Å². The zero-order valence-corrected chi connectivity index (χ0v) is 12.2. The molecule has 1 aromatic rings. The monoisotopic (exact) mass is 306 g/mol. The molecule has 5 aliphatic rings. The highest BCUT2D eigenvalue weighted by Gasteiger charge is 2.43. The Morgan fingerprint density at radius 3 is 3.27 bits per heavy atom. The molecule has 4 heterocycles. The van der Waals surface area contributed by atoms with Crippen LogP contribution in [0, 0.1) is 5.89 Å². The fourth-order valence-corrected chi connectivity index (χ4v) is 4.09. The summed E-state index contributed by atoms with van der Waals surface area (Å²) in [4.78, 5) is 15.6. The number of carbonyl (C=O) groups excluding carboxylic acids is 1. The van der Waals surface area contributed by atoms with Crippen molar-refractivity contribution in [2.45, 2.75) is 44.0 Å². The van der Waals surface area contributed by atoms with Crippen molar-refractivity contribution in [2.24, 2.45) is 5.89 Å². The average molecular weight is 306 g/mol. The smallest absolute Gasteiger partial charge is 0.254 e. The second kappa shape index (κ2) is 4.82. The maximum absolute atomic E-state index is 13.7. The van der Waals surface area contributed by atoms with E-state index in [2.05, 4.69) is 0 Å². The summed E-state index contributed by atoms with van der Waals surface area (Å²) < 4.78 is 84.6. The van der Waals surface area contributed by atoms with E-state index in [-0.39, 0.29) is 43.1 Å². The van der Waals surface area contributed by atoms with Crippen LogP contribution in [0.5, 0.6) is 0 Å². The highest BCUT2D eigenvalue weighted by Crippen LogP contribution is 2.41. The maximum atomic E-state index is 13.7. The van der Waals surface area contributed by atoms with Crippen molar-refractivity contribution in [1.82, 2.24) is 9.80 Å². The number of amides is 1. The number of nitrogens with zero attached hydrogens (tertiary/aromatic N) is 2. The molecule has 1 unspecified atom stereocenters. The molecule has 22 heavy (non-hydrogen) atoms. The molecular weight excluding hydrogens is 272 g/mol. The van der Waals surface area contributed by atoms with E-state index in [1.807, 2.05) is 0 Å². The lowest BCUT2D eigenvalue weighted by Crippen LogP contribution is -2.60. The van der Waals surface area contributed by atoms with Crippen molar-refractivity contribution in [3.63, 3.8) is 0 Å². The summed E-state index contributed by atoms with van der Waals surface area (Å²) in [7, 11) is 0. The van der Waals surface area contributed by atoms with Crippen molar-refractivity contribution in [3.8, 4) is 0 Å². The molecule has 3 heteroatoms. The first kappa shape index (κ1) is 6.64. The van der Waals surface area contributed by atoms with E-state index in [1.54, 1.807) is 0 Å². The zero-order valence-electron chi connectivity index (χ0n) is 22.2. The molecule has 2 bridgehead atoms. The molecule has 0 saturated carbocycles. The van der Waals surface area contributed by atoms with Gasteiger partial charge < -0.3 is 9.80 Å². The molecule has 4 atom stereocenters. The lowest BCUT2D eigenvalue weighted by Gasteiger charge is -2.51. The molecule has 0 radical (unpaired) electrons. The van der Waals surface area contributed by atoms with E-state index < -0.39 is 43.3 Å². The van der Waals surface area contributed by atoms with Crippen molar-refractivity contribution >= 4 is 5.91 Å². The molecule has 1 amide bonds. The molecule has 3 saturated heterocycles. The van der Waals surface area contributed by atoms with Crippen LogP contribution in [0.2, 0.25) is 0 Å². The summed E-state index contributed by atoms with van der Waals surface area (Å²) >= 11 is 0. The van der Waals surface area contributed by atoms with E-state index in [0.29, 0.717) is 30.4 Å². The van der Waals surface area contributed by atoms with Gasteiger partial charge in [0.2, 0.25) is 0 Å². The molecule has 1 aromatic carbocycles. The van der Waals surface area contributed by atoms with Gasteiger partial charge in [0.05, 0.1) is 4.11 Å². The second-order valence-electron chi connectivity index (χ2n) is 6.38. The number of carbonyl (C=O) groups is 1. The largest absolute Gasteiger partial charge is 0.333 e. The third-order valence-corrected chi connectivity index (χ3v) is 5.15. The fraction of sp³-hybridized carbons (Fsp3) is 0.632. The van der Waals surface area contributed by atoms with Gasteiger partial charge >= 0.3 is 0 Å². The average Bonchev–Trinajstić information content (AvgIpc) is 2.69. The molecule has 0 N–H and O–H groups in total. The van der Waals surface area contributed by atoms with E-state index >= 15 is 0 Å². The highest BCUT2D eigenvalue weighted by molar-refractivity contribution is 5.97. The number of piperidine rings is 3. The number of hydrogen-bond acceptors (Lipinski definition) is 2. The van der Waals surface area contributed by atoms with Crippen LogP contribution >= 0.6 is 0 Å². The van der Waals surface area contributed by atoms with Gasteiger partial charge in [0.25, 0.3) is 5.91 Å². The van der Waals surface area contributed by atoms with E-state index in [0.717, 1.165) is 9.80 Å². The van der Waals surface area contributed by atoms with Gasteiger partial charge in [-0.05, 0) is 68.2 Å². The summed E-state index contributed by atoms with van der Waals surface area (Å²) in [6.45, 7) is -5.35. The van der Waals surface area contributed by atoms with Crippen LogP contribution in [-0.4, -0.2) is 47.8 Å². The fourth-order valence-electron chi connectivity index (χ4n) is 4.09. The van der Waals surface area contributed by atoms with Crippen molar-refractivity contribution in [3.05, 3.63) is 34.8 Å². The van der Waals surface area contributed by atoms with Gasteiger partial charge in [0, 0.05) is 40.2 Å². The molecule has 1 aliphatic carbocycles. The molecule has 3 nitrogen and oxygen atoms in total. The SMILES string of the molecule is [2H]c1c([2H])c2c3c(c1[2H])C(=O)N([C@@H]1C([2H])([2H])N4CC[C@]1([2H])C([2H])([2H])C4([2H])[2H])C[C@H]3CCC2. The Kier molecular flexibility index (Phi) is 1.46. The van der Waals surface area contributed by atoms with E-state index in [4.69, 9.17) is 13.7 Å². The lowest BCUT2D eigenvalue weighted by atomic mass is 9.75. The van der Waals surface area contributed by atoms with Gasteiger partial charge in [-0.15, -0.1) is 0 Å². The van der Waals surface area contributed by atoms with Crippen molar-refractivity contribution in [2.75, 3.05) is 26.1 Å². The van der Waals surface area contributed by atoms with Crippen molar-refractivity contribution < 1.29 is 18.5 Å². The van der Waals surface area contributed by atoms with Crippen LogP contribution < -0.4 is 0 Å². The predicted molar refractivity (Wildman–Crippen MR) is 86.1 cm³/mol. The van der Waals surface area contributed by atoms with Gasteiger partial charge in [0.15, 0.2) is 0 Å². The molecule has 6 rings (SSSR count). The zero-order chi connectivity index (χ0) is 23.6. The first-order valence-electron chi connectivity index (χ1n) is 12.9. The Balaban J connectivity index is 1.70. The standard InChI is InChI=1S/C19H24N2O/c22-19-16-6-2-4-14-3-1-5-15(18(14)16)11-21(19)17-12-20-9-7-13(17)8-10-20/h2,4,6,13,15,17H,1,3,5,7-12H2/t15-,17-/m1/s1/i2D,4D,6D,7D2,9D2,12D2,13D/t13-,15+,17+/m0. The summed E-state index contributed by atoms with van der Waals surface area (Å²) in [6, 6.07) is -2.40. The third-order valence-electron chi connectivity index (χ3n) is 5.15. The molecule has 116 valence electrons. The minimum Gasteiger partial charge on any atom is -0.333 e. The number of hydrogen-bond donors (Lipinski definition) is 0. The topological polar surface area (TPSA) is 23.6 Å². The summed E-state index contributed by atoms with van der Waals surface area (Å²) in [5, 5.41) is 0. The first-order valence-corrected chi connectivity index (χ1v) is 7.91. The minimum absolute atomic E-state index is 0.0206. The Labute approximate surface area is 146 Å². The van der Waals surface area contributed by atoms with Gasteiger partial charge in [-0.1, -0.05) is 12.1 Å². The van der Waals surface area contributed by atoms with Crippen molar-refractivity contribution in [1.29, 1.82) is 0 Å². The lowest BCUT2D eigenvalue weighted by molar-refractivity contribution is 0.00258. The molecule has 0 spiro atoms. The van der Waals surface area contributed by atoms with Crippen LogP contribution in [-0.2, 0) is 6.42 Å². The quantitative estimate of drug-likeness (QED) is 0.796. The minimum atomic E-state index is -2.75. The van der Waals surface area contributed by atoms with Crippen LogP contribution in [0.1, 0.15) is 66.7 Å². The van der Waals surface area contributed by atoms with Gasteiger partial charge in [0.1, 0.15) is 0 Å². The van der Waals surface area contributed by atoms with Gasteiger partial charge in [-0.2, -0.15) is 0 Å².